The largest absolute Gasteiger partial charge is 0.488 e. The van der Waals surface area contributed by atoms with Gasteiger partial charge in [-0.25, -0.2) is 14.3 Å². The molecular weight excluding hydrogens is 427 g/mol. The van der Waals surface area contributed by atoms with Crippen LogP contribution in [0.1, 0.15) is 35.7 Å². The van der Waals surface area contributed by atoms with E-state index in [1.54, 1.807) is 23.7 Å². The topological polar surface area (TPSA) is 77.8 Å². The average Bonchev–Trinajstić information content (AvgIpc) is 3.15. The summed E-state index contributed by atoms with van der Waals surface area (Å²) in [6.07, 6.45) is 5.25. The molecule has 1 aliphatic heterocycles. The van der Waals surface area contributed by atoms with Gasteiger partial charge in [-0.2, -0.15) is 5.10 Å². The minimum Gasteiger partial charge on any atom is -0.488 e. The summed E-state index contributed by atoms with van der Waals surface area (Å²) in [5.74, 6) is 0.360. The van der Waals surface area contributed by atoms with Crippen molar-refractivity contribution in [2.75, 3.05) is 19.7 Å². The Balaban J connectivity index is 0.00000256. The molecule has 0 spiro atoms. The van der Waals surface area contributed by atoms with Crippen LogP contribution in [0.25, 0.3) is 16.8 Å². The molecule has 1 N–H and O–H groups in total. The minimum absolute atomic E-state index is 0. The second-order valence-corrected chi connectivity index (χ2v) is 7.51. The molecule has 1 aliphatic rings. The van der Waals surface area contributed by atoms with Crippen molar-refractivity contribution in [1.29, 1.82) is 0 Å². The highest BCUT2D eigenvalue weighted by atomic mass is 35.5. The first-order chi connectivity index (χ1) is 14.1. The van der Waals surface area contributed by atoms with E-state index in [4.69, 9.17) is 21.1 Å². The normalized spacial score (nSPS) is 16.2. The first-order valence-electron chi connectivity index (χ1n) is 9.75. The van der Waals surface area contributed by atoms with E-state index < -0.39 is 5.97 Å². The van der Waals surface area contributed by atoms with Gasteiger partial charge in [0.1, 0.15) is 23.9 Å². The van der Waals surface area contributed by atoms with E-state index in [-0.39, 0.29) is 18.5 Å². The summed E-state index contributed by atoms with van der Waals surface area (Å²) in [6.45, 7) is 5.88. The number of aryl methyl sites for hydroxylation is 1. The van der Waals surface area contributed by atoms with Crippen LogP contribution >= 0.6 is 24.0 Å². The summed E-state index contributed by atoms with van der Waals surface area (Å²) in [5.41, 5.74) is 3.48. The lowest BCUT2D eigenvalue weighted by Crippen LogP contribution is -2.37. The lowest BCUT2D eigenvalue weighted by Gasteiger charge is -2.26. The summed E-state index contributed by atoms with van der Waals surface area (Å²) in [5, 5.41) is 8.20. The van der Waals surface area contributed by atoms with Gasteiger partial charge in [-0.05, 0) is 57.0 Å². The van der Waals surface area contributed by atoms with Gasteiger partial charge in [-0.15, -0.1) is 12.4 Å². The number of nitrogens with one attached hydrogen (secondary N) is 1. The van der Waals surface area contributed by atoms with Gasteiger partial charge in [0.2, 0.25) is 0 Å². The van der Waals surface area contributed by atoms with Gasteiger partial charge in [0.15, 0.2) is 0 Å². The predicted octanol–water partition coefficient (Wildman–Crippen LogP) is 4.09. The smallest absolute Gasteiger partial charge is 0.339 e. The van der Waals surface area contributed by atoms with Crippen molar-refractivity contribution in [1.82, 2.24) is 19.9 Å². The van der Waals surface area contributed by atoms with Crippen molar-refractivity contribution in [3.05, 3.63) is 46.9 Å². The Kier molecular flexibility index (Phi) is 7.18. The van der Waals surface area contributed by atoms with Gasteiger partial charge >= 0.3 is 5.97 Å². The number of aromatic nitrogens is 3. The number of nitrogens with zero attached hydrogens (tertiary/aromatic N) is 3. The van der Waals surface area contributed by atoms with Crippen molar-refractivity contribution in [2.45, 2.75) is 32.8 Å². The molecule has 2 aromatic heterocycles. The van der Waals surface area contributed by atoms with Crippen molar-refractivity contribution in [2.24, 2.45) is 0 Å². The van der Waals surface area contributed by atoms with Crippen molar-refractivity contribution >= 4 is 35.5 Å². The van der Waals surface area contributed by atoms with Gasteiger partial charge in [0, 0.05) is 23.3 Å². The number of ether oxygens (including phenoxy) is 2. The second-order valence-electron chi connectivity index (χ2n) is 7.07. The Labute approximate surface area is 186 Å². The SMILES string of the molecule is CCOC(=O)c1cc2c(-c3cc(Cl)cc(C)c3O[C@H]3CCCNC3)ncnn2c1.Cl. The summed E-state index contributed by atoms with van der Waals surface area (Å²) >= 11 is 6.37. The van der Waals surface area contributed by atoms with Crippen LogP contribution in [0, 0.1) is 6.92 Å². The van der Waals surface area contributed by atoms with Crippen LogP contribution in [0.15, 0.2) is 30.7 Å². The molecular formula is C21H24Cl2N4O3. The zero-order valence-electron chi connectivity index (χ0n) is 16.9. The summed E-state index contributed by atoms with van der Waals surface area (Å²) < 4.78 is 13.1. The molecule has 0 saturated carbocycles. The zero-order valence-corrected chi connectivity index (χ0v) is 18.4. The van der Waals surface area contributed by atoms with E-state index >= 15 is 0 Å². The van der Waals surface area contributed by atoms with Crippen LogP contribution in [-0.2, 0) is 4.74 Å². The fourth-order valence-electron chi connectivity index (χ4n) is 3.61. The van der Waals surface area contributed by atoms with E-state index in [0.29, 0.717) is 28.4 Å². The number of carbonyl (C=O) groups is 1. The number of hydrogen-bond donors (Lipinski definition) is 1. The highest BCUT2D eigenvalue weighted by molar-refractivity contribution is 6.31. The van der Waals surface area contributed by atoms with Crippen molar-refractivity contribution < 1.29 is 14.3 Å². The van der Waals surface area contributed by atoms with Gasteiger partial charge in [-0.1, -0.05) is 11.6 Å². The summed E-state index contributed by atoms with van der Waals surface area (Å²) in [4.78, 5) is 16.7. The molecule has 7 nitrogen and oxygen atoms in total. The Morgan fingerprint density at radius 1 is 1.37 bits per heavy atom. The average molecular weight is 451 g/mol. The van der Waals surface area contributed by atoms with E-state index in [2.05, 4.69) is 15.4 Å². The van der Waals surface area contributed by atoms with Gasteiger partial charge in [-0.3, -0.25) is 0 Å². The van der Waals surface area contributed by atoms with Gasteiger partial charge in [0.05, 0.1) is 17.7 Å². The van der Waals surface area contributed by atoms with Crippen molar-refractivity contribution in [3.63, 3.8) is 0 Å². The minimum atomic E-state index is -0.393. The monoisotopic (exact) mass is 450 g/mol. The third kappa shape index (κ3) is 4.53. The molecule has 160 valence electrons. The van der Waals surface area contributed by atoms with Crippen molar-refractivity contribution in [3.8, 4) is 17.0 Å². The lowest BCUT2D eigenvalue weighted by atomic mass is 10.0. The molecule has 0 bridgehead atoms. The zero-order chi connectivity index (χ0) is 20.4. The molecule has 1 saturated heterocycles. The van der Waals surface area contributed by atoms with Crippen LogP contribution in [-0.4, -0.2) is 46.4 Å². The highest BCUT2D eigenvalue weighted by Gasteiger charge is 2.22. The lowest BCUT2D eigenvalue weighted by molar-refractivity contribution is 0.0526. The fraction of sp³-hybridized carbons (Fsp3) is 0.381. The molecule has 0 amide bonds. The number of fused-ring (bicyclic) bond motifs is 1. The third-order valence-corrected chi connectivity index (χ3v) is 5.17. The second kappa shape index (κ2) is 9.64. The van der Waals surface area contributed by atoms with Crippen LogP contribution < -0.4 is 10.1 Å². The molecule has 3 heterocycles. The van der Waals surface area contributed by atoms with E-state index in [1.807, 2.05) is 19.1 Å². The number of esters is 1. The Morgan fingerprint density at radius 2 is 2.20 bits per heavy atom. The van der Waals surface area contributed by atoms with Crippen LogP contribution in [0.4, 0.5) is 0 Å². The maximum absolute atomic E-state index is 12.2. The standard InChI is InChI=1S/C21H23ClN4O3.ClH/c1-3-28-21(27)14-8-18-19(24-12-25-26(18)11-14)17-9-15(22)7-13(2)20(17)29-16-5-4-6-23-10-16;/h7-9,11-12,16,23H,3-6,10H2,1-2H3;1H/t16-;/m0./s1. The van der Waals surface area contributed by atoms with E-state index in [9.17, 15) is 4.79 Å². The first-order valence-corrected chi connectivity index (χ1v) is 10.1. The van der Waals surface area contributed by atoms with Gasteiger partial charge < -0.3 is 14.8 Å². The molecule has 0 aliphatic carbocycles. The Hall–Kier alpha value is -2.35. The number of piperidine rings is 1. The van der Waals surface area contributed by atoms with Crippen LogP contribution in [0.5, 0.6) is 5.75 Å². The number of benzene rings is 1. The first kappa shape index (κ1) is 22.3. The Bertz CT molecular complexity index is 1050. The molecule has 1 fully saturated rings. The molecule has 1 aromatic carbocycles. The Morgan fingerprint density at radius 3 is 2.93 bits per heavy atom. The fourth-order valence-corrected chi connectivity index (χ4v) is 3.89. The quantitative estimate of drug-likeness (QED) is 0.589. The summed E-state index contributed by atoms with van der Waals surface area (Å²) in [7, 11) is 0. The van der Waals surface area contributed by atoms with Crippen LogP contribution in [0.3, 0.4) is 0 Å². The number of hydrogen-bond acceptors (Lipinski definition) is 6. The molecule has 1 atom stereocenters. The molecule has 0 radical (unpaired) electrons. The predicted molar refractivity (Wildman–Crippen MR) is 118 cm³/mol. The summed E-state index contributed by atoms with van der Waals surface area (Å²) in [6, 6.07) is 5.46. The molecule has 0 unspecified atom stereocenters. The molecule has 30 heavy (non-hydrogen) atoms. The molecule has 3 aromatic rings. The maximum Gasteiger partial charge on any atom is 0.339 e. The van der Waals surface area contributed by atoms with E-state index in [1.165, 1.54) is 6.33 Å². The highest BCUT2D eigenvalue weighted by Crippen LogP contribution is 2.38. The number of carbonyl (C=O) groups excluding carboxylic acids is 1. The third-order valence-electron chi connectivity index (χ3n) is 4.95. The maximum atomic E-state index is 12.2. The van der Waals surface area contributed by atoms with E-state index in [0.717, 1.165) is 42.8 Å². The van der Waals surface area contributed by atoms with Crippen LogP contribution in [0.2, 0.25) is 5.02 Å². The number of halogens is 2. The number of rotatable bonds is 5. The molecule has 9 heteroatoms. The molecule has 4 rings (SSSR count). The van der Waals surface area contributed by atoms with Gasteiger partial charge in [0.25, 0.3) is 0 Å².